The molecular weight excluding hydrogens is 301 g/mol. The molecule has 0 amide bonds. The van der Waals surface area contributed by atoms with Crippen LogP contribution in [0.2, 0.25) is 10.0 Å². The van der Waals surface area contributed by atoms with E-state index in [9.17, 15) is 0 Å². The number of likely N-dealkylation sites (N-methyl/N-ethyl adjacent to an activating group) is 1. The number of hydrogen-bond acceptors (Lipinski definition) is 1. The predicted molar refractivity (Wildman–Crippen MR) is 93.4 cm³/mol. The molecule has 21 heavy (non-hydrogen) atoms. The molecule has 0 aromatic heterocycles. The minimum Gasteiger partial charge on any atom is -0.314 e. The van der Waals surface area contributed by atoms with Crippen LogP contribution >= 0.6 is 23.2 Å². The summed E-state index contributed by atoms with van der Waals surface area (Å²) in [5.41, 5.74) is 1.28. The van der Waals surface area contributed by atoms with Gasteiger partial charge in [-0.25, -0.2) is 0 Å². The van der Waals surface area contributed by atoms with E-state index in [2.05, 4.69) is 18.3 Å². The number of hydrogen-bond donors (Lipinski definition) is 1. The minimum absolute atomic E-state index is 0.551. The molecule has 1 aliphatic carbocycles. The fourth-order valence-electron chi connectivity index (χ4n) is 3.48. The van der Waals surface area contributed by atoms with Gasteiger partial charge in [0, 0.05) is 6.04 Å². The Morgan fingerprint density at radius 1 is 1.10 bits per heavy atom. The second-order valence-corrected chi connectivity index (χ2v) is 7.11. The Bertz CT molecular complexity index is 425. The molecule has 1 N–H and O–H groups in total. The zero-order chi connectivity index (χ0) is 15.1. The van der Waals surface area contributed by atoms with Crippen LogP contribution in [0, 0.1) is 5.92 Å². The Labute approximate surface area is 139 Å². The third-order valence-corrected chi connectivity index (χ3v) is 5.29. The lowest BCUT2D eigenvalue weighted by Gasteiger charge is -2.23. The zero-order valence-corrected chi connectivity index (χ0v) is 14.5. The van der Waals surface area contributed by atoms with Crippen molar-refractivity contribution in [3.8, 4) is 0 Å². The molecule has 1 aromatic rings. The maximum atomic E-state index is 6.14. The molecular formula is C18H27Cl2N. The highest BCUT2D eigenvalue weighted by molar-refractivity contribution is 6.42. The van der Waals surface area contributed by atoms with Gasteiger partial charge in [0.05, 0.1) is 10.0 Å². The van der Waals surface area contributed by atoms with Gasteiger partial charge in [-0.05, 0) is 43.0 Å². The third-order valence-electron chi connectivity index (χ3n) is 4.55. The molecule has 0 aliphatic heterocycles. The quantitative estimate of drug-likeness (QED) is 0.644. The highest BCUT2D eigenvalue weighted by atomic mass is 35.5. The Balaban J connectivity index is 1.95. The van der Waals surface area contributed by atoms with Gasteiger partial charge in [0.1, 0.15) is 0 Å². The molecule has 1 saturated carbocycles. The van der Waals surface area contributed by atoms with Crippen LogP contribution in [0.25, 0.3) is 0 Å². The molecule has 0 spiro atoms. The summed E-state index contributed by atoms with van der Waals surface area (Å²) in [5, 5.41) is 4.97. The van der Waals surface area contributed by atoms with Crippen molar-refractivity contribution in [2.45, 2.75) is 64.3 Å². The van der Waals surface area contributed by atoms with Crippen LogP contribution in [-0.4, -0.2) is 12.6 Å². The van der Waals surface area contributed by atoms with Crippen molar-refractivity contribution >= 4 is 23.2 Å². The molecule has 0 bridgehead atoms. The highest BCUT2D eigenvalue weighted by Crippen LogP contribution is 2.28. The average Bonchev–Trinajstić information content (AvgIpc) is 2.72. The van der Waals surface area contributed by atoms with E-state index in [1.807, 2.05) is 12.1 Å². The first-order chi connectivity index (χ1) is 10.2. The highest BCUT2D eigenvalue weighted by Gasteiger charge is 2.18. The summed E-state index contributed by atoms with van der Waals surface area (Å²) in [5.74, 6) is 0.888. The van der Waals surface area contributed by atoms with Crippen molar-refractivity contribution in [3.05, 3.63) is 33.8 Å². The van der Waals surface area contributed by atoms with Gasteiger partial charge in [-0.1, -0.05) is 74.7 Å². The van der Waals surface area contributed by atoms with Gasteiger partial charge in [-0.15, -0.1) is 0 Å². The van der Waals surface area contributed by atoms with E-state index in [-0.39, 0.29) is 0 Å². The topological polar surface area (TPSA) is 12.0 Å². The number of rotatable bonds is 6. The van der Waals surface area contributed by atoms with Crippen LogP contribution in [-0.2, 0) is 6.42 Å². The van der Waals surface area contributed by atoms with E-state index in [1.54, 1.807) is 0 Å². The fraction of sp³-hybridized carbons (Fsp3) is 0.667. The molecule has 1 nitrogen and oxygen atoms in total. The van der Waals surface area contributed by atoms with E-state index in [4.69, 9.17) is 23.2 Å². The molecule has 3 heteroatoms. The summed E-state index contributed by atoms with van der Waals surface area (Å²) in [7, 11) is 0. The standard InChI is InChI=1S/C18H27Cl2N/c1-2-21-16(11-14-7-5-3-4-6-8-14)12-15-9-10-17(19)18(20)13-15/h9-10,13-14,16,21H,2-8,11-12H2,1H3. The molecule has 0 saturated heterocycles. The van der Waals surface area contributed by atoms with E-state index < -0.39 is 0 Å². The van der Waals surface area contributed by atoms with E-state index in [0.717, 1.165) is 18.9 Å². The summed E-state index contributed by atoms with van der Waals surface area (Å²) in [4.78, 5) is 0. The van der Waals surface area contributed by atoms with Crippen LogP contribution in [0.5, 0.6) is 0 Å². The van der Waals surface area contributed by atoms with Crippen LogP contribution < -0.4 is 5.32 Å². The summed E-state index contributed by atoms with van der Waals surface area (Å²) >= 11 is 12.1. The minimum atomic E-state index is 0.551. The summed E-state index contributed by atoms with van der Waals surface area (Å²) in [6.45, 7) is 3.22. The van der Waals surface area contributed by atoms with Crippen molar-refractivity contribution in [3.63, 3.8) is 0 Å². The van der Waals surface area contributed by atoms with Gasteiger partial charge >= 0.3 is 0 Å². The lowest BCUT2D eigenvalue weighted by Crippen LogP contribution is -2.33. The van der Waals surface area contributed by atoms with Gasteiger partial charge in [0.2, 0.25) is 0 Å². The van der Waals surface area contributed by atoms with Crippen LogP contribution in [0.4, 0.5) is 0 Å². The first-order valence-corrected chi connectivity index (χ1v) is 9.12. The molecule has 2 rings (SSSR count). The lowest BCUT2D eigenvalue weighted by molar-refractivity contribution is 0.353. The van der Waals surface area contributed by atoms with Crippen LogP contribution in [0.15, 0.2) is 18.2 Å². The van der Waals surface area contributed by atoms with Gasteiger partial charge < -0.3 is 5.32 Å². The van der Waals surface area contributed by atoms with E-state index >= 15 is 0 Å². The largest absolute Gasteiger partial charge is 0.314 e. The molecule has 1 unspecified atom stereocenters. The smallest absolute Gasteiger partial charge is 0.0595 e. The van der Waals surface area contributed by atoms with Gasteiger partial charge in [0.15, 0.2) is 0 Å². The lowest BCUT2D eigenvalue weighted by atomic mass is 9.90. The third kappa shape index (κ3) is 5.81. The molecule has 1 aliphatic rings. The molecule has 118 valence electrons. The van der Waals surface area contributed by atoms with Gasteiger partial charge in [-0.2, -0.15) is 0 Å². The van der Waals surface area contributed by atoms with Gasteiger partial charge in [-0.3, -0.25) is 0 Å². The van der Waals surface area contributed by atoms with E-state index in [1.165, 1.54) is 50.5 Å². The Morgan fingerprint density at radius 2 is 1.81 bits per heavy atom. The summed E-state index contributed by atoms with van der Waals surface area (Å²) in [6.07, 6.45) is 10.8. The van der Waals surface area contributed by atoms with Gasteiger partial charge in [0.25, 0.3) is 0 Å². The van der Waals surface area contributed by atoms with Crippen molar-refractivity contribution < 1.29 is 0 Å². The van der Waals surface area contributed by atoms with Crippen LogP contribution in [0.3, 0.4) is 0 Å². The molecule has 1 fully saturated rings. The zero-order valence-electron chi connectivity index (χ0n) is 13.0. The summed E-state index contributed by atoms with van der Waals surface area (Å²) in [6, 6.07) is 6.58. The first-order valence-electron chi connectivity index (χ1n) is 8.36. The maximum Gasteiger partial charge on any atom is 0.0595 e. The molecule has 0 heterocycles. The van der Waals surface area contributed by atoms with E-state index in [0.29, 0.717) is 16.1 Å². The van der Waals surface area contributed by atoms with Crippen molar-refractivity contribution in [2.24, 2.45) is 5.92 Å². The maximum absolute atomic E-state index is 6.14. The monoisotopic (exact) mass is 327 g/mol. The van der Waals surface area contributed by atoms with Crippen molar-refractivity contribution in [1.82, 2.24) is 5.32 Å². The first kappa shape index (κ1) is 17.1. The average molecular weight is 328 g/mol. The fourth-order valence-corrected chi connectivity index (χ4v) is 3.80. The van der Waals surface area contributed by atoms with Crippen molar-refractivity contribution in [2.75, 3.05) is 6.54 Å². The Hall–Kier alpha value is -0.240. The normalized spacial score (nSPS) is 18.4. The predicted octanol–water partition coefficient (Wildman–Crippen LogP) is 5.87. The second-order valence-electron chi connectivity index (χ2n) is 6.30. The Kier molecular flexibility index (Phi) is 7.36. The number of nitrogens with one attached hydrogen (secondary N) is 1. The molecule has 0 radical (unpaired) electrons. The summed E-state index contributed by atoms with van der Waals surface area (Å²) < 4.78 is 0. The van der Waals surface area contributed by atoms with Crippen LogP contribution in [0.1, 0.15) is 57.4 Å². The molecule has 1 atom stereocenters. The Morgan fingerprint density at radius 3 is 2.43 bits per heavy atom. The number of benzene rings is 1. The SMILES string of the molecule is CCNC(Cc1ccc(Cl)c(Cl)c1)CC1CCCCCC1. The second kappa shape index (κ2) is 9.02. The number of halogens is 2. The van der Waals surface area contributed by atoms with Crippen molar-refractivity contribution in [1.29, 1.82) is 0 Å². The molecule has 1 aromatic carbocycles.